The van der Waals surface area contributed by atoms with Crippen molar-refractivity contribution in [3.8, 4) is 0 Å². The highest BCUT2D eigenvalue weighted by atomic mass is 35.5. The number of nitrogens with zero attached hydrogens (tertiary/aromatic N) is 1. The number of amides is 2. The van der Waals surface area contributed by atoms with E-state index in [1.807, 2.05) is 0 Å². The number of likely N-dealkylation sites (tertiary alicyclic amines) is 1. The number of hydrogen-bond acceptors (Lipinski definition) is 2. The van der Waals surface area contributed by atoms with Crippen molar-refractivity contribution in [1.29, 1.82) is 0 Å². The topological polar surface area (TPSA) is 69.6 Å². The molecule has 0 saturated carbocycles. The van der Waals surface area contributed by atoms with Gasteiger partial charge in [0.1, 0.15) is 0 Å². The zero-order valence-electron chi connectivity index (χ0n) is 11.2. The van der Waals surface area contributed by atoms with Crippen molar-refractivity contribution in [2.45, 2.75) is 19.8 Å². The van der Waals surface area contributed by atoms with E-state index in [2.05, 4.69) is 12.2 Å². The van der Waals surface area contributed by atoms with Gasteiger partial charge in [0.05, 0.1) is 10.6 Å². The number of carbonyl (C=O) groups excluding carboxylic acids is 1. The Kier molecular flexibility index (Phi) is 4.49. The molecule has 0 bridgehead atoms. The fourth-order valence-corrected chi connectivity index (χ4v) is 2.58. The Morgan fingerprint density at radius 2 is 2.25 bits per heavy atom. The van der Waals surface area contributed by atoms with Crippen molar-refractivity contribution in [1.82, 2.24) is 4.90 Å². The Labute approximate surface area is 122 Å². The molecule has 1 aromatic carbocycles. The maximum absolute atomic E-state index is 12.1. The minimum Gasteiger partial charge on any atom is -0.478 e. The molecule has 1 saturated heterocycles. The number of benzene rings is 1. The Balaban J connectivity index is 2.02. The number of anilines is 1. The number of halogens is 1. The first kappa shape index (κ1) is 14.7. The van der Waals surface area contributed by atoms with Gasteiger partial charge in [-0.25, -0.2) is 9.59 Å². The van der Waals surface area contributed by atoms with E-state index < -0.39 is 5.97 Å². The minimum atomic E-state index is -1.08. The molecular formula is C14H17ClN2O3. The van der Waals surface area contributed by atoms with Crippen LogP contribution in [-0.2, 0) is 0 Å². The second-order valence-corrected chi connectivity index (χ2v) is 5.35. The Morgan fingerprint density at radius 3 is 2.80 bits per heavy atom. The minimum absolute atomic E-state index is 0.0249. The monoisotopic (exact) mass is 296 g/mol. The molecule has 0 spiro atoms. The van der Waals surface area contributed by atoms with Crippen LogP contribution in [0, 0.1) is 5.92 Å². The summed E-state index contributed by atoms with van der Waals surface area (Å²) in [7, 11) is 0. The molecule has 1 aliphatic rings. The van der Waals surface area contributed by atoms with Crippen LogP contribution in [0.15, 0.2) is 18.2 Å². The average Bonchev–Trinajstić information content (AvgIpc) is 2.87. The quantitative estimate of drug-likeness (QED) is 0.899. The van der Waals surface area contributed by atoms with E-state index in [4.69, 9.17) is 16.7 Å². The van der Waals surface area contributed by atoms with E-state index in [-0.39, 0.29) is 16.6 Å². The summed E-state index contributed by atoms with van der Waals surface area (Å²) < 4.78 is 0. The summed E-state index contributed by atoms with van der Waals surface area (Å²) in [5.74, 6) is -0.517. The van der Waals surface area contributed by atoms with Crippen molar-refractivity contribution in [2.24, 2.45) is 5.92 Å². The predicted molar refractivity (Wildman–Crippen MR) is 77.4 cm³/mol. The molecule has 1 fully saturated rings. The van der Waals surface area contributed by atoms with Gasteiger partial charge in [-0.15, -0.1) is 0 Å². The summed E-state index contributed by atoms with van der Waals surface area (Å²) in [5, 5.41) is 11.7. The standard InChI is InChI=1S/C14H17ClN2O3/c1-2-9-5-6-17(8-9)14(20)16-10-3-4-11(13(18)19)12(15)7-10/h3-4,7,9H,2,5-6,8H2,1H3,(H,16,20)(H,18,19). The highest BCUT2D eigenvalue weighted by Gasteiger charge is 2.25. The van der Waals surface area contributed by atoms with Crippen LogP contribution in [0.4, 0.5) is 10.5 Å². The number of aromatic carboxylic acids is 1. The molecule has 1 aliphatic heterocycles. The molecule has 0 aromatic heterocycles. The van der Waals surface area contributed by atoms with Crippen LogP contribution in [0.25, 0.3) is 0 Å². The van der Waals surface area contributed by atoms with Crippen LogP contribution in [0.2, 0.25) is 5.02 Å². The molecule has 1 atom stereocenters. The van der Waals surface area contributed by atoms with Gasteiger partial charge in [-0.1, -0.05) is 24.9 Å². The van der Waals surface area contributed by atoms with E-state index >= 15 is 0 Å². The third kappa shape index (κ3) is 3.22. The van der Waals surface area contributed by atoms with Crippen molar-refractivity contribution in [3.05, 3.63) is 28.8 Å². The van der Waals surface area contributed by atoms with Crippen LogP contribution in [0.1, 0.15) is 30.1 Å². The maximum atomic E-state index is 12.1. The van der Waals surface area contributed by atoms with E-state index in [9.17, 15) is 9.59 Å². The van der Waals surface area contributed by atoms with Crippen LogP contribution in [0.3, 0.4) is 0 Å². The fourth-order valence-electron chi connectivity index (χ4n) is 2.32. The van der Waals surface area contributed by atoms with Gasteiger partial charge in [0, 0.05) is 18.8 Å². The van der Waals surface area contributed by atoms with Crippen molar-refractivity contribution in [3.63, 3.8) is 0 Å². The zero-order chi connectivity index (χ0) is 14.7. The Hall–Kier alpha value is -1.75. The van der Waals surface area contributed by atoms with Crippen LogP contribution >= 0.6 is 11.6 Å². The van der Waals surface area contributed by atoms with Gasteiger partial charge in [0.25, 0.3) is 0 Å². The lowest BCUT2D eigenvalue weighted by atomic mass is 10.1. The lowest BCUT2D eigenvalue weighted by Crippen LogP contribution is -2.32. The molecule has 20 heavy (non-hydrogen) atoms. The zero-order valence-corrected chi connectivity index (χ0v) is 12.0. The summed E-state index contributed by atoms with van der Waals surface area (Å²) in [6, 6.07) is 4.22. The molecule has 6 heteroatoms. The number of rotatable bonds is 3. The second-order valence-electron chi connectivity index (χ2n) is 4.94. The molecule has 5 nitrogen and oxygen atoms in total. The molecule has 1 unspecified atom stereocenters. The van der Waals surface area contributed by atoms with E-state index in [1.165, 1.54) is 12.1 Å². The third-order valence-electron chi connectivity index (χ3n) is 3.60. The van der Waals surface area contributed by atoms with Gasteiger partial charge >= 0.3 is 12.0 Å². The molecule has 1 aromatic rings. The summed E-state index contributed by atoms with van der Waals surface area (Å²) in [6.45, 7) is 3.64. The van der Waals surface area contributed by atoms with Gasteiger partial charge in [0.2, 0.25) is 0 Å². The number of urea groups is 1. The van der Waals surface area contributed by atoms with Gasteiger partial charge in [-0.05, 0) is 30.5 Å². The summed E-state index contributed by atoms with van der Waals surface area (Å²) in [6.07, 6.45) is 2.10. The first-order chi connectivity index (χ1) is 9.51. The first-order valence-electron chi connectivity index (χ1n) is 6.60. The summed E-state index contributed by atoms with van der Waals surface area (Å²) >= 11 is 5.87. The van der Waals surface area contributed by atoms with E-state index in [0.717, 1.165) is 25.9 Å². The lowest BCUT2D eigenvalue weighted by Gasteiger charge is -2.17. The van der Waals surface area contributed by atoms with Gasteiger partial charge in [-0.2, -0.15) is 0 Å². The second kappa shape index (κ2) is 6.13. The highest BCUT2D eigenvalue weighted by molar-refractivity contribution is 6.33. The largest absolute Gasteiger partial charge is 0.478 e. The number of carboxylic acid groups (broad SMARTS) is 1. The first-order valence-corrected chi connectivity index (χ1v) is 6.97. The van der Waals surface area contributed by atoms with Gasteiger partial charge in [-0.3, -0.25) is 0 Å². The normalized spacial score (nSPS) is 18.1. The third-order valence-corrected chi connectivity index (χ3v) is 3.91. The number of carbonyl (C=O) groups is 2. The van der Waals surface area contributed by atoms with Gasteiger partial charge < -0.3 is 15.3 Å². The fraction of sp³-hybridized carbons (Fsp3) is 0.429. The van der Waals surface area contributed by atoms with Crippen LogP contribution in [-0.4, -0.2) is 35.1 Å². The number of carboxylic acids is 1. The Morgan fingerprint density at radius 1 is 1.50 bits per heavy atom. The molecule has 2 amide bonds. The molecule has 108 valence electrons. The molecule has 2 rings (SSSR count). The predicted octanol–water partition coefficient (Wildman–Crippen LogP) is 3.30. The molecule has 0 aliphatic carbocycles. The van der Waals surface area contributed by atoms with Gasteiger partial charge in [0.15, 0.2) is 0 Å². The average molecular weight is 297 g/mol. The summed E-state index contributed by atoms with van der Waals surface area (Å²) in [4.78, 5) is 24.7. The summed E-state index contributed by atoms with van der Waals surface area (Å²) in [5.41, 5.74) is 0.529. The molecule has 0 radical (unpaired) electrons. The highest BCUT2D eigenvalue weighted by Crippen LogP contribution is 2.23. The molecule has 2 N–H and O–H groups in total. The molecular weight excluding hydrogens is 280 g/mol. The van der Waals surface area contributed by atoms with Crippen molar-refractivity contribution >= 4 is 29.3 Å². The lowest BCUT2D eigenvalue weighted by molar-refractivity contribution is 0.0697. The van der Waals surface area contributed by atoms with E-state index in [0.29, 0.717) is 11.6 Å². The smallest absolute Gasteiger partial charge is 0.337 e. The number of hydrogen-bond donors (Lipinski definition) is 2. The maximum Gasteiger partial charge on any atom is 0.337 e. The van der Waals surface area contributed by atoms with Crippen LogP contribution < -0.4 is 5.32 Å². The number of nitrogens with one attached hydrogen (secondary N) is 1. The Bertz CT molecular complexity index is 533. The van der Waals surface area contributed by atoms with Crippen molar-refractivity contribution < 1.29 is 14.7 Å². The van der Waals surface area contributed by atoms with Crippen molar-refractivity contribution in [2.75, 3.05) is 18.4 Å². The molecule has 1 heterocycles. The SMILES string of the molecule is CCC1CCN(C(=O)Nc2ccc(C(=O)O)c(Cl)c2)C1. The van der Waals surface area contributed by atoms with Crippen LogP contribution in [0.5, 0.6) is 0 Å². The van der Waals surface area contributed by atoms with E-state index in [1.54, 1.807) is 11.0 Å².